The number of phenolic OH excluding ortho intramolecular Hbond substituents is 2. The Bertz CT molecular complexity index is 1670. The van der Waals surface area contributed by atoms with Gasteiger partial charge in [0.1, 0.15) is 29.0 Å². The third-order valence-electron chi connectivity index (χ3n) is 10.0. The average Bonchev–Trinajstić information content (AvgIpc) is 3.03. The fraction of sp³-hybridized carbons (Fsp3) is 0.529. The summed E-state index contributed by atoms with van der Waals surface area (Å²) in [6, 6.07) is 3.87. The average molecular weight is 652 g/mol. The number of piperazine rings is 1. The van der Waals surface area contributed by atoms with Crippen LogP contribution in [0.25, 0.3) is 0 Å². The normalized spacial score (nSPS) is 29.6. The second-order valence-corrected chi connectivity index (χ2v) is 13.0. The standard InChI is InChI=1S/C34H41N3O10/c1-16-29(39)21(35-18(3)37-11-9-36(4)10-12-37)13-24(46-16)47-23-15-34(44,17(2)38)14-20-26(23)33(43)28-27(31(20)41)30(40)19-7-6-8-22(45-5)25(19)32(28)42/h6-8,16,21,23-24,29,39,41,43-44H,9-15H2,1-5H3/t16?,21-,23+,24?,29?,34?/m1/s1. The predicted octanol–water partition coefficient (Wildman–Crippen LogP) is 1.74. The number of phenols is 2. The van der Waals surface area contributed by atoms with Crippen molar-refractivity contribution in [2.24, 2.45) is 4.99 Å². The first-order valence-corrected chi connectivity index (χ1v) is 15.8. The van der Waals surface area contributed by atoms with E-state index in [1.807, 2.05) is 6.92 Å². The van der Waals surface area contributed by atoms with Gasteiger partial charge < -0.3 is 44.4 Å². The van der Waals surface area contributed by atoms with E-state index < -0.39 is 82.6 Å². The SMILES string of the molecule is COc1cccc2c1C(=O)c1c(O)c3c(c(O)c1C2=O)CC(O)(C(C)=O)C[C@@H]3OC1C[C@@H](N=C(C)N2CCN(C)CC2)C(O)C(C)O1. The zero-order valence-corrected chi connectivity index (χ0v) is 27.1. The van der Waals surface area contributed by atoms with E-state index in [-0.39, 0.29) is 40.8 Å². The summed E-state index contributed by atoms with van der Waals surface area (Å²) in [6.45, 7) is 8.16. The van der Waals surface area contributed by atoms with Gasteiger partial charge in [0.2, 0.25) is 5.78 Å². The molecule has 252 valence electrons. The van der Waals surface area contributed by atoms with Crippen molar-refractivity contribution in [3.8, 4) is 17.2 Å². The molecule has 13 heteroatoms. The number of aromatic hydroxyl groups is 2. The van der Waals surface area contributed by atoms with Crippen molar-refractivity contribution in [3.63, 3.8) is 0 Å². The van der Waals surface area contributed by atoms with E-state index in [1.165, 1.54) is 32.2 Å². The molecular formula is C34H41N3O10. The fourth-order valence-corrected chi connectivity index (χ4v) is 7.18. The maximum atomic E-state index is 13.9. The lowest BCUT2D eigenvalue weighted by Gasteiger charge is -2.42. The van der Waals surface area contributed by atoms with Gasteiger partial charge in [0.15, 0.2) is 17.9 Å². The number of carbonyl (C=O) groups excluding carboxylic acids is 3. The number of amidine groups is 1. The molecule has 0 bridgehead atoms. The minimum absolute atomic E-state index is 0.0106. The van der Waals surface area contributed by atoms with Crippen LogP contribution in [0.2, 0.25) is 0 Å². The molecule has 6 rings (SSSR count). The number of rotatable bonds is 5. The summed E-state index contributed by atoms with van der Waals surface area (Å²) >= 11 is 0. The maximum absolute atomic E-state index is 13.9. The summed E-state index contributed by atoms with van der Waals surface area (Å²) in [4.78, 5) is 49.6. The minimum Gasteiger partial charge on any atom is -0.507 e. The zero-order chi connectivity index (χ0) is 33.9. The van der Waals surface area contributed by atoms with Gasteiger partial charge in [-0.3, -0.25) is 19.4 Å². The van der Waals surface area contributed by atoms with E-state index in [0.717, 1.165) is 32.0 Å². The van der Waals surface area contributed by atoms with Crippen molar-refractivity contribution in [2.45, 2.75) is 76.3 Å². The molecule has 4 N–H and O–H groups in total. The Hall–Kier alpha value is -3.88. The Balaban J connectivity index is 1.39. The van der Waals surface area contributed by atoms with Gasteiger partial charge in [-0.05, 0) is 33.9 Å². The molecular weight excluding hydrogens is 610 g/mol. The van der Waals surface area contributed by atoms with Gasteiger partial charge in [0.05, 0.1) is 47.9 Å². The zero-order valence-electron chi connectivity index (χ0n) is 27.1. The summed E-state index contributed by atoms with van der Waals surface area (Å²) in [5, 5.41) is 45.8. The van der Waals surface area contributed by atoms with Crippen molar-refractivity contribution < 1.29 is 49.0 Å². The molecule has 2 aromatic carbocycles. The quantitative estimate of drug-likeness (QED) is 0.179. The monoisotopic (exact) mass is 651 g/mol. The molecule has 0 radical (unpaired) electrons. The number of nitrogens with zero attached hydrogens (tertiary/aromatic N) is 3. The van der Waals surface area contributed by atoms with Crippen LogP contribution in [0.1, 0.15) is 82.7 Å². The molecule has 0 amide bonds. The molecule has 4 unspecified atom stereocenters. The van der Waals surface area contributed by atoms with Crippen molar-refractivity contribution in [1.82, 2.24) is 9.80 Å². The number of methoxy groups -OCH3 is 1. The molecule has 2 saturated heterocycles. The van der Waals surface area contributed by atoms with Crippen LogP contribution >= 0.6 is 0 Å². The highest BCUT2D eigenvalue weighted by Gasteiger charge is 2.49. The number of ketones is 3. The number of Topliss-reactive ketones (excluding diaryl/α,β-unsaturated/α-hetero) is 1. The Morgan fingerprint density at radius 1 is 1.04 bits per heavy atom. The lowest BCUT2D eigenvalue weighted by atomic mass is 9.72. The minimum atomic E-state index is -2.02. The van der Waals surface area contributed by atoms with E-state index in [4.69, 9.17) is 19.2 Å². The molecule has 0 aromatic heterocycles. The van der Waals surface area contributed by atoms with E-state index >= 15 is 0 Å². The second-order valence-electron chi connectivity index (χ2n) is 13.0. The lowest BCUT2D eigenvalue weighted by Crippen LogP contribution is -2.50. The highest BCUT2D eigenvalue weighted by Crippen LogP contribution is 2.52. The number of likely N-dealkylation sites (N-methyl/N-ethyl adjacent to an activating group) is 1. The largest absolute Gasteiger partial charge is 0.507 e. The second kappa shape index (κ2) is 12.3. The Kier molecular flexibility index (Phi) is 8.64. The smallest absolute Gasteiger partial charge is 0.202 e. The summed E-state index contributed by atoms with van der Waals surface area (Å²) in [5.41, 5.74) is -3.01. The molecule has 2 aromatic rings. The van der Waals surface area contributed by atoms with Crippen LogP contribution in [0, 0.1) is 0 Å². The van der Waals surface area contributed by atoms with Crippen LogP contribution in [0.3, 0.4) is 0 Å². The summed E-state index contributed by atoms with van der Waals surface area (Å²) in [6.07, 6.45) is -4.53. The molecule has 47 heavy (non-hydrogen) atoms. The first-order chi connectivity index (χ1) is 22.2. The van der Waals surface area contributed by atoms with Gasteiger partial charge in [-0.2, -0.15) is 0 Å². The molecule has 0 saturated carbocycles. The predicted molar refractivity (Wildman–Crippen MR) is 168 cm³/mol. The summed E-state index contributed by atoms with van der Waals surface area (Å²) in [5.74, 6) is -2.36. The van der Waals surface area contributed by atoms with Gasteiger partial charge in [0.25, 0.3) is 0 Å². The maximum Gasteiger partial charge on any atom is 0.202 e. The highest BCUT2D eigenvalue weighted by atomic mass is 16.7. The molecule has 2 aliphatic heterocycles. The number of fused-ring (bicyclic) bond motifs is 3. The van der Waals surface area contributed by atoms with Gasteiger partial charge in [-0.15, -0.1) is 0 Å². The van der Waals surface area contributed by atoms with E-state index in [9.17, 15) is 34.8 Å². The van der Waals surface area contributed by atoms with Crippen LogP contribution in [-0.2, 0) is 20.7 Å². The van der Waals surface area contributed by atoms with Crippen molar-refractivity contribution in [3.05, 3.63) is 51.6 Å². The molecule has 2 aliphatic carbocycles. The van der Waals surface area contributed by atoms with Crippen molar-refractivity contribution in [2.75, 3.05) is 40.3 Å². The molecule has 2 heterocycles. The number of aliphatic imine (C=N–C) groups is 1. The van der Waals surface area contributed by atoms with Gasteiger partial charge in [-0.1, -0.05) is 12.1 Å². The Morgan fingerprint density at radius 3 is 2.38 bits per heavy atom. The first-order valence-electron chi connectivity index (χ1n) is 15.8. The third-order valence-corrected chi connectivity index (χ3v) is 10.0. The van der Waals surface area contributed by atoms with Crippen LogP contribution in [0.4, 0.5) is 0 Å². The summed E-state index contributed by atoms with van der Waals surface area (Å²) < 4.78 is 17.7. The Morgan fingerprint density at radius 2 is 1.72 bits per heavy atom. The number of aliphatic hydroxyl groups is 2. The fourth-order valence-electron chi connectivity index (χ4n) is 7.18. The van der Waals surface area contributed by atoms with E-state index in [2.05, 4.69) is 16.8 Å². The molecule has 4 aliphatic rings. The van der Waals surface area contributed by atoms with Gasteiger partial charge in [0, 0.05) is 62.1 Å². The van der Waals surface area contributed by atoms with E-state index in [0.29, 0.717) is 0 Å². The number of benzene rings is 2. The van der Waals surface area contributed by atoms with Crippen LogP contribution < -0.4 is 4.74 Å². The lowest BCUT2D eigenvalue weighted by molar-refractivity contribution is -0.247. The summed E-state index contributed by atoms with van der Waals surface area (Å²) in [7, 11) is 3.41. The Labute approximate surface area is 272 Å². The topological polar surface area (TPSA) is 179 Å². The molecule has 6 atom stereocenters. The highest BCUT2D eigenvalue weighted by molar-refractivity contribution is 6.31. The van der Waals surface area contributed by atoms with Gasteiger partial charge >= 0.3 is 0 Å². The number of hydrogen-bond donors (Lipinski definition) is 4. The molecule has 2 fully saturated rings. The van der Waals surface area contributed by atoms with Crippen molar-refractivity contribution in [1.29, 1.82) is 0 Å². The number of ether oxygens (including phenoxy) is 3. The van der Waals surface area contributed by atoms with E-state index in [1.54, 1.807) is 6.92 Å². The van der Waals surface area contributed by atoms with Crippen LogP contribution in [0.15, 0.2) is 23.2 Å². The number of hydrogen-bond acceptors (Lipinski definition) is 12. The van der Waals surface area contributed by atoms with Gasteiger partial charge in [-0.25, -0.2) is 0 Å². The van der Waals surface area contributed by atoms with Crippen LogP contribution in [0.5, 0.6) is 17.2 Å². The molecule has 13 nitrogen and oxygen atoms in total. The number of aliphatic hydroxyl groups excluding tert-OH is 1. The molecule has 0 spiro atoms. The third kappa shape index (κ3) is 5.59. The van der Waals surface area contributed by atoms with Crippen molar-refractivity contribution >= 4 is 23.2 Å². The van der Waals surface area contributed by atoms with Crippen LogP contribution in [-0.4, -0.2) is 124 Å². The number of carbonyl (C=O) groups is 3. The first kappa shape index (κ1) is 33.0.